The van der Waals surface area contributed by atoms with Gasteiger partial charge in [0.15, 0.2) is 0 Å². The van der Waals surface area contributed by atoms with Crippen LogP contribution in [0.2, 0.25) is 0 Å². The van der Waals surface area contributed by atoms with E-state index in [1.807, 2.05) is 24.3 Å². The fourth-order valence-corrected chi connectivity index (χ4v) is 2.73. The maximum absolute atomic E-state index is 13.8. The Morgan fingerprint density at radius 2 is 1.80 bits per heavy atom. The van der Waals surface area contributed by atoms with E-state index in [1.165, 1.54) is 11.6 Å². The Bertz CT molecular complexity index is 547. The van der Waals surface area contributed by atoms with Gasteiger partial charge in [0.05, 0.1) is 0 Å². The Kier molecular flexibility index (Phi) is 6.02. The van der Waals surface area contributed by atoms with Gasteiger partial charge in [-0.3, -0.25) is 4.90 Å². The first-order valence-electron chi connectivity index (χ1n) is 6.45. The maximum Gasteiger partial charge on any atom is 0.127 e. The van der Waals surface area contributed by atoms with Gasteiger partial charge in [-0.15, -0.1) is 11.6 Å². The molecule has 0 saturated carbocycles. The molecule has 0 fully saturated rings. The largest absolute Gasteiger partial charge is 0.294 e. The van der Waals surface area contributed by atoms with Crippen molar-refractivity contribution in [2.75, 3.05) is 12.4 Å². The van der Waals surface area contributed by atoms with Crippen LogP contribution in [0.1, 0.15) is 11.1 Å². The molecule has 0 radical (unpaired) electrons. The van der Waals surface area contributed by atoms with Crippen LogP contribution in [0.15, 0.2) is 53.0 Å². The lowest BCUT2D eigenvalue weighted by Crippen LogP contribution is -2.25. The quantitative estimate of drug-likeness (QED) is 0.670. The first-order valence-corrected chi connectivity index (χ1v) is 7.78. The number of rotatable bonds is 6. The van der Waals surface area contributed by atoms with Gasteiger partial charge in [-0.05, 0) is 23.8 Å². The Labute approximate surface area is 132 Å². The van der Waals surface area contributed by atoms with Crippen LogP contribution in [0, 0.1) is 5.82 Å². The lowest BCUT2D eigenvalue weighted by Gasteiger charge is -2.22. The smallest absolute Gasteiger partial charge is 0.127 e. The van der Waals surface area contributed by atoms with Crippen molar-refractivity contribution in [1.29, 1.82) is 0 Å². The van der Waals surface area contributed by atoms with Gasteiger partial charge in [0, 0.05) is 35.6 Å². The van der Waals surface area contributed by atoms with Crippen LogP contribution in [0.3, 0.4) is 0 Å². The summed E-state index contributed by atoms with van der Waals surface area (Å²) in [5.41, 5.74) is 1.88. The summed E-state index contributed by atoms with van der Waals surface area (Å²) in [6.07, 6.45) is 0. The number of benzene rings is 2. The topological polar surface area (TPSA) is 3.24 Å². The lowest BCUT2D eigenvalue weighted by molar-refractivity contribution is 0.269. The van der Waals surface area contributed by atoms with Gasteiger partial charge in [0.25, 0.3) is 0 Å². The zero-order chi connectivity index (χ0) is 14.4. The molecule has 0 heterocycles. The normalized spacial score (nSPS) is 11.0. The van der Waals surface area contributed by atoms with Gasteiger partial charge in [-0.1, -0.05) is 46.3 Å². The third-order valence-corrected chi connectivity index (χ3v) is 3.71. The van der Waals surface area contributed by atoms with Crippen LogP contribution in [-0.4, -0.2) is 17.3 Å². The third-order valence-electron chi connectivity index (χ3n) is 3.05. The number of halogens is 3. The van der Waals surface area contributed by atoms with Crippen molar-refractivity contribution >= 4 is 27.5 Å². The first-order chi connectivity index (χ1) is 9.69. The summed E-state index contributed by atoms with van der Waals surface area (Å²) in [4.78, 5) is 2.15. The third kappa shape index (κ3) is 4.58. The molecule has 4 heteroatoms. The molecule has 0 unspecified atom stereocenters. The minimum absolute atomic E-state index is 0.180. The minimum Gasteiger partial charge on any atom is -0.294 e. The molecule has 0 aliphatic carbocycles. The maximum atomic E-state index is 13.8. The van der Waals surface area contributed by atoms with Gasteiger partial charge >= 0.3 is 0 Å². The van der Waals surface area contributed by atoms with E-state index in [-0.39, 0.29) is 5.82 Å². The van der Waals surface area contributed by atoms with Crippen molar-refractivity contribution in [2.45, 2.75) is 13.1 Å². The highest BCUT2D eigenvalue weighted by Crippen LogP contribution is 2.18. The van der Waals surface area contributed by atoms with Crippen LogP contribution in [0.5, 0.6) is 0 Å². The average molecular weight is 357 g/mol. The average Bonchev–Trinajstić information content (AvgIpc) is 2.44. The highest BCUT2D eigenvalue weighted by atomic mass is 79.9. The Morgan fingerprint density at radius 1 is 1.05 bits per heavy atom. The highest BCUT2D eigenvalue weighted by Gasteiger charge is 2.10. The van der Waals surface area contributed by atoms with Crippen LogP contribution in [0.25, 0.3) is 0 Å². The van der Waals surface area contributed by atoms with E-state index < -0.39 is 0 Å². The van der Waals surface area contributed by atoms with Crippen LogP contribution >= 0.6 is 27.5 Å². The molecular formula is C16H16BrClFN. The molecule has 2 aromatic carbocycles. The molecule has 0 amide bonds. The molecule has 0 aliphatic heterocycles. The summed E-state index contributed by atoms with van der Waals surface area (Å²) in [5.74, 6) is 0.350. The molecule has 0 bridgehead atoms. The SMILES string of the molecule is Fc1ccc(Br)cc1CN(CCCl)Cc1ccccc1. The number of alkyl halides is 1. The zero-order valence-electron chi connectivity index (χ0n) is 11.0. The number of hydrogen-bond acceptors (Lipinski definition) is 1. The molecule has 0 aromatic heterocycles. The van der Waals surface area contributed by atoms with Crippen molar-refractivity contribution < 1.29 is 4.39 Å². The van der Waals surface area contributed by atoms with Crippen molar-refractivity contribution in [3.63, 3.8) is 0 Å². The predicted octanol–water partition coefficient (Wildman–Crippen LogP) is 4.83. The van der Waals surface area contributed by atoms with Crippen molar-refractivity contribution in [2.24, 2.45) is 0 Å². The molecule has 0 atom stereocenters. The molecular weight excluding hydrogens is 341 g/mol. The van der Waals surface area contributed by atoms with E-state index in [2.05, 4.69) is 33.0 Å². The minimum atomic E-state index is -0.180. The lowest BCUT2D eigenvalue weighted by atomic mass is 10.1. The number of nitrogens with zero attached hydrogens (tertiary/aromatic N) is 1. The summed E-state index contributed by atoms with van der Waals surface area (Å²) in [6.45, 7) is 2.04. The second-order valence-corrected chi connectivity index (χ2v) is 5.91. The van der Waals surface area contributed by atoms with Gasteiger partial charge in [0.2, 0.25) is 0 Å². The van der Waals surface area contributed by atoms with E-state index in [0.717, 1.165) is 17.6 Å². The van der Waals surface area contributed by atoms with E-state index in [0.29, 0.717) is 18.0 Å². The Hall–Kier alpha value is -0.900. The summed E-state index contributed by atoms with van der Waals surface area (Å²) >= 11 is 9.24. The first kappa shape index (κ1) is 15.5. The van der Waals surface area contributed by atoms with Gasteiger partial charge < -0.3 is 0 Å². The van der Waals surface area contributed by atoms with Crippen molar-refractivity contribution in [3.8, 4) is 0 Å². The summed E-state index contributed by atoms with van der Waals surface area (Å²) < 4.78 is 14.7. The second-order valence-electron chi connectivity index (χ2n) is 4.62. The number of hydrogen-bond donors (Lipinski definition) is 0. The van der Waals surface area contributed by atoms with Crippen LogP contribution in [0.4, 0.5) is 4.39 Å². The fraction of sp³-hybridized carbons (Fsp3) is 0.250. The summed E-state index contributed by atoms with van der Waals surface area (Å²) in [5, 5.41) is 0. The van der Waals surface area contributed by atoms with E-state index in [1.54, 1.807) is 6.07 Å². The molecule has 0 aliphatic rings. The molecule has 1 nitrogen and oxygen atoms in total. The molecule has 2 aromatic rings. The monoisotopic (exact) mass is 355 g/mol. The molecule has 0 saturated heterocycles. The van der Waals surface area contributed by atoms with Gasteiger partial charge in [-0.25, -0.2) is 4.39 Å². The summed E-state index contributed by atoms with van der Waals surface area (Å²) in [7, 11) is 0. The summed E-state index contributed by atoms with van der Waals surface area (Å²) in [6, 6.07) is 15.2. The second kappa shape index (κ2) is 7.77. The predicted molar refractivity (Wildman–Crippen MR) is 85.4 cm³/mol. The molecule has 20 heavy (non-hydrogen) atoms. The molecule has 2 rings (SSSR count). The molecule has 0 N–H and O–H groups in total. The van der Waals surface area contributed by atoms with Crippen LogP contribution < -0.4 is 0 Å². The van der Waals surface area contributed by atoms with Crippen molar-refractivity contribution in [3.05, 3.63) is 69.9 Å². The van der Waals surface area contributed by atoms with Gasteiger partial charge in [0.1, 0.15) is 5.82 Å². The standard InChI is InChI=1S/C16H16BrClFN/c17-15-6-7-16(19)14(10-15)12-20(9-8-18)11-13-4-2-1-3-5-13/h1-7,10H,8-9,11-12H2. The molecule has 0 spiro atoms. The zero-order valence-corrected chi connectivity index (χ0v) is 13.4. The highest BCUT2D eigenvalue weighted by molar-refractivity contribution is 9.10. The Balaban J connectivity index is 2.11. The Morgan fingerprint density at radius 3 is 2.50 bits per heavy atom. The van der Waals surface area contributed by atoms with Crippen molar-refractivity contribution in [1.82, 2.24) is 4.90 Å². The molecule has 106 valence electrons. The van der Waals surface area contributed by atoms with E-state index >= 15 is 0 Å². The van der Waals surface area contributed by atoms with Gasteiger partial charge in [-0.2, -0.15) is 0 Å². The van der Waals surface area contributed by atoms with Crippen LogP contribution in [-0.2, 0) is 13.1 Å². The van der Waals surface area contributed by atoms with E-state index in [9.17, 15) is 4.39 Å². The fourth-order valence-electron chi connectivity index (χ4n) is 2.08. The van der Waals surface area contributed by atoms with E-state index in [4.69, 9.17) is 11.6 Å².